The summed E-state index contributed by atoms with van der Waals surface area (Å²) in [5.74, 6) is -0.123. The van der Waals surface area contributed by atoms with Crippen molar-refractivity contribution in [1.29, 1.82) is 0 Å². The van der Waals surface area contributed by atoms with Crippen molar-refractivity contribution in [2.24, 2.45) is 0 Å². The Bertz CT molecular complexity index is 769. The number of quaternary nitrogens is 1. The molecule has 1 heterocycles. The predicted octanol–water partition coefficient (Wildman–Crippen LogP) is 1.44. The summed E-state index contributed by atoms with van der Waals surface area (Å²) in [7, 11) is 0. The maximum Gasteiger partial charge on any atom is 0.273 e. The maximum atomic E-state index is 12.6. The molecule has 130 valence electrons. The van der Waals surface area contributed by atoms with Gasteiger partial charge in [0, 0.05) is 22.8 Å². The summed E-state index contributed by atoms with van der Waals surface area (Å²) in [6.07, 6.45) is 0. The number of nitrogens with zero attached hydrogens (tertiary/aromatic N) is 2. The van der Waals surface area contributed by atoms with Gasteiger partial charge in [-0.05, 0) is 13.0 Å². The molecule has 0 bridgehead atoms. The molecule has 0 spiro atoms. The highest BCUT2D eigenvalue weighted by Gasteiger charge is 2.25. The summed E-state index contributed by atoms with van der Waals surface area (Å²) in [5.41, 5.74) is 2.26. The zero-order chi connectivity index (χ0) is 17.8. The molecule has 1 saturated heterocycles. The lowest BCUT2D eigenvalue weighted by atomic mass is 10.1. The van der Waals surface area contributed by atoms with Crippen LogP contribution in [0.2, 0.25) is 0 Å². The average molecular weight is 340 g/mol. The third-order valence-electron chi connectivity index (χ3n) is 4.71. The number of piperazine rings is 1. The van der Waals surface area contributed by atoms with E-state index in [0.29, 0.717) is 24.2 Å². The number of benzene rings is 2. The minimum atomic E-state index is -0.436. The molecule has 0 radical (unpaired) electrons. The van der Waals surface area contributed by atoms with E-state index in [-0.39, 0.29) is 11.6 Å². The van der Waals surface area contributed by atoms with Gasteiger partial charge in [-0.15, -0.1) is 0 Å². The number of rotatable bonds is 4. The molecule has 2 aromatic rings. The SMILES string of the molecule is Cc1ccc(C(=O)N2CC[NH+](Cc3ccccc3)CC2)cc1[N+](=O)[O-]. The molecule has 2 aromatic carbocycles. The van der Waals surface area contributed by atoms with E-state index in [1.165, 1.54) is 16.5 Å². The van der Waals surface area contributed by atoms with Gasteiger partial charge in [0.15, 0.2) is 0 Å². The Kier molecular flexibility index (Phi) is 5.09. The van der Waals surface area contributed by atoms with Crippen LogP contribution in [0.3, 0.4) is 0 Å². The van der Waals surface area contributed by atoms with Crippen molar-refractivity contribution in [3.8, 4) is 0 Å². The molecule has 3 rings (SSSR count). The molecule has 0 atom stereocenters. The van der Waals surface area contributed by atoms with Crippen molar-refractivity contribution >= 4 is 11.6 Å². The lowest BCUT2D eigenvalue weighted by Crippen LogP contribution is -3.13. The van der Waals surface area contributed by atoms with Crippen LogP contribution < -0.4 is 4.90 Å². The van der Waals surface area contributed by atoms with Crippen LogP contribution in [0.15, 0.2) is 48.5 Å². The van der Waals surface area contributed by atoms with Crippen LogP contribution in [0.4, 0.5) is 5.69 Å². The van der Waals surface area contributed by atoms with Crippen LogP contribution in [-0.4, -0.2) is 41.9 Å². The van der Waals surface area contributed by atoms with E-state index in [2.05, 4.69) is 12.1 Å². The quantitative estimate of drug-likeness (QED) is 0.676. The number of carbonyl (C=O) groups is 1. The highest BCUT2D eigenvalue weighted by Crippen LogP contribution is 2.20. The van der Waals surface area contributed by atoms with Gasteiger partial charge in [0.2, 0.25) is 0 Å². The number of hydrogen-bond acceptors (Lipinski definition) is 3. The number of aryl methyl sites for hydroxylation is 1. The number of amides is 1. The van der Waals surface area contributed by atoms with Crippen molar-refractivity contribution < 1.29 is 14.6 Å². The van der Waals surface area contributed by atoms with Crippen molar-refractivity contribution in [1.82, 2.24) is 4.90 Å². The standard InChI is InChI=1S/C19H21N3O3/c1-15-7-8-17(13-18(15)22(24)25)19(23)21-11-9-20(10-12-21)14-16-5-3-2-4-6-16/h2-8,13H,9-12,14H2,1H3/p+1. The molecule has 1 N–H and O–H groups in total. The third-order valence-corrected chi connectivity index (χ3v) is 4.71. The largest absolute Gasteiger partial charge is 0.328 e. The van der Waals surface area contributed by atoms with Crippen LogP contribution in [0.25, 0.3) is 0 Å². The second kappa shape index (κ2) is 7.44. The fraction of sp³-hybridized carbons (Fsp3) is 0.316. The van der Waals surface area contributed by atoms with Gasteiger partial charge in [-0.25, -0.2) is 0 Å². The Morgan fingerprint density at radius 1 is 1.16 bits per heavy atom. The average Bonchev–Trinajstić information content (AvgIpc) is 2.63. The van der Waals surface area contributed by atoms with Crippen molar-refractivity contribution in [3.63, 3.8) is 0 Å². The zero-order valence-corrected chi connectivity index (χ0v) is 14.3. The number of nitrogens with one attached hydrogen (secondary N) is 1. The van der Waals surface area contributed by atoms with Crippen molar-refractivity contribution in [3.05, 3.63) is 75.3 Å². The first-order valence-electron chi connectivity index (χ1n) is 8.46. The fourth-order valence-corrected chi connectivity index (χ4v) is 3.21. The number of carbonyl (C=O) groups excluding carboxylic acids is 1. The van der Waals surface area contributed by atoms with Crippen LogP contribution in [-0.2, 0) is 6.54 Å². The first kappa shape index (κ1) is 17.1. The van der Waals surface area contributed by atoms with Gasteiger partial charge in [0.05, 0.1) is 31.1 Å². The number of hydrogen-bond donors (Lipinski definition) is 1. The van der Waals surface area contributed by atoms with E-state index in [1.54, 1.807) is 24.0 Å². The van der Waals surface area contributed by atoms with Gasteiger partial charge in [-0.3, -0.25) is 14.9 Å². The summed E-state index contributed by atoms with van der Waals surface area (Å²) < 4.78 is 0. The van der Waals surface area contributed by atoms with E-state index in [0.717, 1.165) is 19.6 Å². The van der Waals surface area contributed by atoms with Crippen LogP contribution >= 0.6 is 0 Å². The lowest BCUT2D eigenvalue weighted by molar-refractivity contribution is -0.917. The topological polar surface area (TPSA) is 67.9 Å². The van der Waals surface area contributed by atoms with E-state index >= 15 is 0 Å². The molecular formula is C19H22N3O3+. The van der Waals surface area contributed by atoms with Crippen LogP contribution in [0, 0.1) is 17.0 Å². The van der Waals surface area contributed by atoms with Crippen LogP contribution in [0.1, 0.15) is 21.5 Å². The minimum absolute atomic E-state index is 0.000751. The molecule has 25 heavy (non-hydrogen) atoms. The third kappa shape index (κ3) is 4.03. The van der Waals surface area contributed by atoms with Crippen molar-refractivity contribution in [2.75, 3.05) is 26.2 Å². The fourth-order valence-electron chi connectivity index (χ4n) is 3.21. The molecule has 0 unspecified atom stereocenters. The van der Waals surface area contributed by atoms with Crippen LogP contribution in [0.5, 0.6) is 0 Å². The van der Waals surface area contributed by atoms with Gasteiger partial charge >= 0.3 is 0 Å². The molecule has 0 aromatic heterocycles. The van der Waals surface area contributed by atoms with Crippen molar-refractivity contribution in [2.45, 2.75) is 13.5 Å². The summed E-state index contributed by atoms with van der Waals surface area (Å²) in [4.78, 5) is 26.5. The minimum Gasteiger partial charge on any atom is -0.328 e. The molecule has 1 fully saturated rings. The molecule has 0 aliphatic carbocycles. The number of nitro benzene ring substituents is 1. The Morgan fingerprint density at radius 2 is 1.84 bits per heavy atom. The van der Waals surface area contributed by atoms with E-state index in [1.807, 2.05) is 18.2 Å². The molecule has 6 nitrogen and oxygen atoms in total. The number of nitro groups is 1. The lowest BCUT2D eigenvalue weighted by Gasteiger charge is -2.32. The molecule has 1 aliphatic rings. The normalized spacial score (nSPS) is 15.2. The molecular weight excluding hydrogens is 318 g/mol. The van der Waals surface area contributed by atoms with Gasteiger partial charge in [-0.2, -0.15) is 0 Å². The summed E-state index contributed by atoms with van der Waals surface area (Å²) in [6, 6.07) is 15.0. The Hall–Kier alpha value is -2.73. The van der Waals surface area contributed by atoms with Gasteiger partial charge in [0.25, 0.3) is 11.6 Å². The molecule has 1 aliphatic heterocycles. The molecule has 0 saturated carbocycles. The monoisotopic (exact) mass is 340 g/mol. The smallest absolute Gasteiger partial charge is 0.273 e. The highest BCUT2D eigenvalue weighted by atomic mass is 16.6. The summed E-state index contributed by atoms with van der Waals surface area (Å²) in [5, 5.41) is 11.1. The zero-order valence-electron chi connectivity index (χ0n) is 14.3. The Balaban J connectivity index is 1.62. The molecule has 6 heteroatoms. The Labute approximate surface area is 146 Å². The van der Waals surface area contributed by atoms with Gasteiger partial charge < -0.3 is 9.80 Å². The van der Waals surface area contributed by atoms with Gasteiger partial charge in [0.1, 0.15) is 6.54 Å². The summed E-state index contributed by atoms with van der Waals surface area (Å²) >= 11 is 0. The predicted molar refractivity (Wildman–Crippen MR) is 94.6 cm³/mol. The Morgan fingerprint density at radius 3 is 2.48 bits per heavy atom. The van der Waals surface area contributed by atoms with E-state index in [9.17, 15) is 14.9 Å². The first-order chi connectivity index (χ1) is 12.0. The van der Waals surface area contributed by atoms with E-state index in [4.69, 9.17) is 0 Å². The second-order valence-corrected chi connectivity index (χ2v) is 6.46. The highest BCUT2D eigenvalue weighted by molar-refractivity contribution is 5.95. The summed E-state index contributed by atoms with van der Waals surface area (Å²) in [6.45, 7) is 5.74. The first-order valence-corrected chi connectivity index (χ1v) is 8.46. The van der Waals surface area contributed by atoms with E-state index < -0.39 is 4.92 Å². The maximum absolute atomic E-state index is 12.6. The molecule has 1 amide bonds. The van der Waals surface area contributed by atoms with Gasteiger partial charge in [-0.1, -0.05) is 36.4 Å². The second-order valence-electron chi connectivity index (χ2n) is 6.46.